The van der Waals surface area contributed by atoms with Crippen LogP contribution in [-0.2, 0) is 6.42 Å². The van der Waals surface area contributed by atoms with E-state index in [1.54, 1.807) is 0 Å². The van der Waals surface area contributed by atoms with Crippen molar-refractivity contribution in [3.8, 4) is 11.1 Å². The fraction of sp³-hybridized carbons (Fsp3) is 0.318. The minimum absolute atomic E-state index is 0.669. The molecule has 25 heavy (non-hydrogen) atoms. The highest BCUT2D eigenvalue weighted by Crippen LogP contribution is 2.37. The predicted molar refractivity (Wildman–Crippen MR) is 103 cm³/mol. The molecule has 1 fully saturated rings. The lowest BCUT2D eigenvalue weighted by Crippen LogP contribution is -2.10. The molecule has 3 nitrogen and oxygen atoms in total. The smallest absolute Gasteiger partial charge is 0.138 e. The molecule has 1 aromatic carbocycles. The Kier molecular flexibility index (Phi) is 3.40. The number of hydrogen-bond acceptors (Lipinski definition) is 2. The van der Waals surface area contributed by atoms with Gasteiger partial charge in [0.25, 0.3) is 0 Å². The number of H-pyrrole nitrogens is 1. The van der Waals surface area contributed by atoms with Crippen LogP contribution in [0.3, 0.4) is 0 Å². The monoisotopic (exact) mass is 329 g/mol. The Bertz CT molecular complexity index is 963. The van der Waals surface area contributed by atoms with Crippen LogP contribution in [0.4, 0.5) is 0 Å². The molecule has 1 aliphatic carbocycles. The third-order valence-corrected chi connectivity index (χ3v) is 5.79. The fourth-order valence-electron chi connectivity index (χ4n) is 4.07. The van der Waals surface area contributed by atoms with Gasteiger partial charge in [0.1, 0.15) is 5.65 Å². The Morgan fingerprint density at radius 1 is 1.04 bits per heavy atom. The van der Waals surface area contributed by atoms with E-state index in [-0.39, 0.29) is 0 Å². The van der Waals surface area contributed by atoms with Crippen LogP contribution in [0, 0.1) is 0 Å². The Labute approximate surface area is 148 Å². The van der Waals surface area contributed by atoms with Gasteiger partial charge in [-0.1, -0.05) is 31.2 Å². The number of nitrogens with zero attached hydrogens (tertiary/aromatic N) is 1. The predicted octanol–water partition coefficient (Wildman–Crippen LogP) is 5.00. The summed E-state index contributed by atoms with van der Waals surface area (Å²) in [6.45, 7) is 5.17. The third-order valence-electron chi connectivity index (χ3n) is 5.79. The average Bonchev–Trinajstić information content (AvgIpc) is 2.91. The number of aromatic amines is 1. The normalized spacial score (nSPS) is 17.7. The molecule has 0 amide bonds. The van der Waals surface area contributed by atoms with Crippen molar-refractivity contribution in [3.05, 3.63) is 59.9 Å². The molecule has 2 N–H and O–H groups in total. The fourth-order valence-corrected chi connectivity index (χ4v) is 4.07. The van der Waals surface area contributed by atoms with Crippen molar-refractivity contribution in [3.63, 3.8) is 0 Å². The third kappa shape index (κ3) is 2.46. The van der Waals surface area contributed by atoms with Gasteiger partial charge in [0.05, 0.1) is 0 Å². The molecule has 0 saturated heterocycles. The summed E-state index contributed by atoms with van der Waals surface area (Å²) in [5.74, 6) is 0.669. The summed E-state index contributed by atoms with van der Waals surface area (Å²) in [5.41, 5.74) is 8.46. The molecule has 1 aliphatic heterocycles. The highest BCUT2D eigenvalue weighted by Gasteiger charge is 2.21. The molecule has 3 aromatic rings. The van der Waals surface area contributed by atoms with Gasteiger partial charge in [-0.05, 0) is 48.9 Å². The van der Waals surface area contributed by atoms with Gasteiger partial charge < -0.3 is 10.3 Å². The summed E-state index contributed by atoms with van der Waals surface area (Å²) in [7, 11) is 0. The zero-order chi connectivity index (χ0) is 16.8. The Morgan fingerprint density at radius 3 is 2.80 bits per heavy atom. The summed E-state index contributed by atoms with van der Waals surface area (Å²) in [6.07, 6.45) is 8.27. The molecule has 126 valence electrons. The first kappa shape index (κ1) is 14.8. The first-order valence-electron chi connectivity index (χ1n) is 9.34. The minimum atomic E-state index is 0.669. The number of fused-ring (bicyclic) bond motifs is 2. The molecule has 2 aliphatic rings. The van der Waals surface area contributed by atoms with E-state index in [9.17, 15) is 0 Å². The van der Waals surface area contributed by atoms with Gasteiger partial charge >= 0.3 is 0 Å². The SMILES string of the molecule is C=C1NCCCc2cc(-c3c[nH]c4nc(C5CCC5)ccc34)ccc21. The Morgan fingerprint density at radius 2 is 1.96 bits per heavy atom. The summed E-state index contributed by atoms with van der Waals surface area (Å²) in [5, 5.41) is 4.62. The van der Waals surface area contributed by atoms with Crippen molar-refractivity contribution in [1.29, 1.82) is 0 Å². The molecule has 0 bridgehead atoms. The quantitative estimate of drug-likeness (QED) is 0.694. The van der Waals surface area contributed by atoms with Crippen LogP contribution in [0.5, 0.6) is 0 Å². The van der Waals surface area contributed by atoms with Gasteiger partial charge in [-0.25, -0.2) is 4.98 Å². The van der Waals surface area contributed by atoms with Crippen molar-refractivity contribution >= 4 is 16.7 Å². The van der Waals surface area contributed by atoms with Gasteiger partial charge in [-0.3, -0.25) is 0 Å². The van der Waals surface area contributed by atoms with Crippen LogP contribution < -0.4 is 5.32 Å². The van der Waals surface area contributed by atoms with Gasteiger partial charge in [0.2, 0.25) is 0 Å². The van der Waals surface area contributed by atoms with Gasteiger partial charge in [-0.2, -0.15) is 0 Å². The number of hydrogen-bond donors (Lipinski definition) is 2. The topological polar surface area (TPSA) is 40.7 Å². The summed E-state index contributed by atoms with van der Waals surface area (Å²) in [4.78, 5) is 8.27. The molecule has 2 aromatic heterocycles. The molecule has 0 radical (unpaired) electrons. The summed E-state index contributed by atoms with van der Waals surface area (Å²) >= 11 is 0. The zero-order valence-corrected chi connectivity index (χ0v) is 14.4. The molecule has 5 rings (SSSR count). The van der Waals surface area contributed by atoms with Crippen LogP contribution in [0.1, 0.15) is 48.4 Å². The van der Waals surface area contributed by atoms with E-state index < -0.39 is 0 Å². The second-order valence-corrected chi connectivity index (χ2v) is 7.34. The lowest BCUT2D eigenvalue weighted by Gasteiger charge is -2.24. The Hall–Kier alpha value is -2.55. The summed E-state index contributed by atoms with van der Waals surface area (Å²) < 4.78 is 0. The maximum Gasteiger partial charge on any atom is 0.138 e. The molecule has 3 heteroatoms. The Balaban J connectivity index is 1.56. The number of aromatic nitrogens is 2. The van der Waals surface area contributed by atoms with Crippen LogP contribution in [-0.4, -0.2) is 16.5 Å². The van der Waals surface area contributed by atoms with Crippen LogP contribution in [0.15, 0.2) is 43.1 Å². The van der Waals surface area contributed by atoms with E-state index in [0.29, 0.717) is 5.92 Å². The van der Waals surface area contributed by atoms with Crippen molar-refractivity contribution in [2.45, 2.75) is 38.0 Å². The second-order valence-electron chi connectivity index (χ2n) is 7.34. The number of pyridine rings is 1. The van der Waals surface area contributed by atoms with Crippen LogP contribution in [0.25, 0.3) is 27.9 Å². The van der Waals surface area contributed by atoms with E-state index in [1.165, 1.54) is 52.6 Å². The standard InChI is InChI=1S/C22H23N3/c1-14-18-8-7-17(12-16(18)6-3-11-23-14)20-13-24-22-19(20)9-10-21(25-22)15-4-2-5-15/h7-10,12-13,15,23H,1-6,11H2,(H,24,25). The first-order chi connectivity index (χ1) is 12.3. The van der Waals surface area contributed by atoms with Gasteiger partial charge in [0, 0.05) is 46.6 Å². The van der Waals surface area contributed by atoms with Crippen molar-refractivity contribution in [2.75, 3.05) is 6.54 Å². The summed E-state index contributed by atoms with van der Waals surface area (Å²) in [6, 6.07) is 11.2. The minimum Gasteiger partial charge on any atom is -0.385 e. The first-order valence-corrected chi connectivity index (χ1v) is 9.34. The largest absolute Gasteiger partial charge is 0.385 e. The number of benzene rings is 1. The lowest BCUT2D eigenvalue weighted by molar-refractivity contribution is 0.412. The number of aryl methyl sites for hydroxylation is 1. The molecular weight excluding hydrogens is 306 g/mol. The highest BCUT2D eigenvalue weighted by molar-refractivity contribution is 5.94. The van der Waals surface area contributed by atoms with Gasteiger partial charge in [0.15, 0.2) is 0 Å². The van der Waals surface area contributed by atoms with E-state index in [4.69, 9.17) is 4.98 Å². The second kappa shape index (κ2) is 5.76. The highest BCUT2D eigenvalue weighted by atomic mass is 14.9. The maximum absolute atomic E-state index is 4.88. The number of nitrogens with one attached hydrogen (secondary N) is 2. The van der Waals surface area contributed by atoms with E-state index in [0.717, 1.165) is 30.7 Å². The molecule has 0 atom stereocenters. The maximum atomic E-state index is 4.88. The number of rotatable bonds is 2. The van der Waals surface area contributed by atoms with E-state index >= 15 is 0 Å². The molecule has 0 unspecified atom stereocenters. The van der Waals surface area contributed by atoms with E-state index in [2.05, 4.69) is 53.4 Å². The van der Waals surface area contributed by atoms with E-state index in [1.807, 2.05) is 0 Å². The van der Waals surface area contributed by atoms with Crippen LogP contribution >= 0.6 is 0 Å². The van der Waals surface area contributed by atoms with Gasteiger partial charge in [-0.15, -0.1) is 0 Å². The van der Waals surface area contributed by atoms with Crippen LogP contribution in [0.2, 0.25) is 0 Å². The average molecular weight is 329 g/mol. The molecule has 3 heterocycles. The zero-order valence-electron chi connectivity index (χ0n) is 14.4. The van der Waals surface area contributed by atoms with Crippen molar-refractivity contribution in [1.82, 2.24) is 15.3 Å². The molecule has 1 saturated carbocycles. The van der Waals surface area contributed by atoms with Crippen molar-refractivity contribution in [2.24, 2.45) is 0 Å². The van der Waals surface area contributed by atoms with Crippen molar-refractivity contribution < 1.29 is 0 Å². The molecular formula is C22H23N3. The lowest BCUT2D eigenvalue weighted by atomic mass is 9.82. The molecule has 0 spiro atoms.